The van der Waals surface area contributed by atoms with Crippen molar-refractivity contribution in [3.8, 4) is 11.1 Å². The van der Waals surface area contributed by atoms with E-state index in [-0.39, 0.29) is 18.1 Å². The number of carboxylic acid groups (broad SMARTS) is 1. The second-order valence-electron chi connectivity index (χ2n) is 8.71. The number of rotatable bonds is 4. The molecule has 1 aliphatic carbocycles. The van der Waals surface area contributed by atoms with Gasteiger partial charge in [-0.15, -0.1) is 0 Å². The van der Waals surface area contributed by atoms with Crippen molar-refractivity contribution in [3.63, 3.8) is 0 Å². The third-order valence-corrected chi connectivity index (χ3v) is 6.99. The second kappa shape index (κ2) is 8.35. The van der Waals surface area contributed by atoms with Gasteiger partial charge in [-0.3, -0.25) is 0 Å². The third-order valence-electron chi connectivity index (χ3n) is 6.99. The fourth-order valence-corrected chi connectivity index (χ4v) is 5.33. The molecule has 2 aliphatic heterocycles. The fraction of sp³-hybridized carbons (Fsp3) is 0.440. The van der Waals surface area contributed by atoms with Crippen molar-refractivity contribution >= 4 is 12.1 Å². The highest BCUT2D eigenvalue weighted by molar-refractivity contribution is 5.79. The normalized spacial score (nSPS) is 23.4. The van der Waals surface area contributed by atoms with E-state index in [0.717, 1.165) is 19.3 Å². The molecule has 2 aromatic carbocycles. The summed E-state index contributed by atoms with van der Waals surface area (Å²) in [5.41, 5.74) is 4.86. The lowest BCUT2D eigenvalue weighted by Gasteiger charge is -2.34. The molecular formula is C25H27NO5. The smallest absolute Gasteiger partial charge is 0.409 e. The van der Waals surface area contributed by atoms with Crippen LogP contribution in [0.3, 0.4) is 0 Å². The summed E-state index contributed by atoms with van der Waals surface area (Å²) in [4.78, 5) is 25.6. The number of hydrogen-bond donors (Lipinski definition) is 1. The van der Waals surface area contributed by atoms with E-state index in [1.807, 2.05) is 24.3 Å². The van der Waals surface area contributed by atoms with Crippen LogP contribution >= 0.6 is 0 Å². The molecule has 2 fully saturated rings. The van der Waals surface area contributed by atoms with Crippen LogP contribution in [-0.4, -0.2) is 54.0 Å². The van der Waals surface area contributed by atoms with Crippen molar-refractivity contribution in [2.45, 2.75) is 43.8 Å². The van der Waals surface area contributed by atoms with Crippen molar-refractivity contribution in [1.82, 2.24) is 4.90 Å². The van der Waals surface area contributed by atoms with Crippen LogP contribution in [0.4, 0.5) is 4.79 Å². The van der Waals surface area contributed by atoms with Gasteiger partial charge in [0, 0.05) is 19.0 Å². The maximum Gasteiger partial charge on any atom is 0.409 e. The van der Waals surface area contributed by atoms with Crippen molar-refractivity contribution < 1.29 is 24.2 Å². The highest BCUT2D eigenvalue weighted by Crippen LogP contribution is 2.44. The number of benzene rings is 2. The van der Waals surface area contributed by atoms with Crippen molar-refractivity contribution in [2.24, 2.45) is 5.92 Å². The predicted molar refractivity (Wildman–Crippen MR) is 115 cm³/mol. The molecule has 2 aromatic rings. The molecule has 1 amide bonds. The average Bonchev–Trinajstić information content (AvgIpc) is 3.42. The number of fused-ring (bicyclic) bond motifs is 3. The minimum Gasteiger partial charge on any atom is -0.479 e. The van der Waals surface area contributed by atoms with Gasteiger partial charge in [0.15, 0.2) is 6.10 Å². The zero-order valence-corrected chi connectivity index (χ0v) is 17.4. The Morgan fingerprint density at radius 2 is 1.55 bits per heavy atom. The lowest BCUT2D eigenvalue weighted by atomic mass is 9.90. The van der Waals surface area contributed by atoms with Gasteiger partial charge in [-0.1, -0.05) is 48.5 Å². The first-order valence-corrected chi connectivity index (χ1v) is 11.1. The van der Waals surface area contributed by atoms with E-state index in [9.17, 15) is 9.59 Å². The topological polar surface area (TPSA) is 76.1 Å². The van der Waals surface area contributed by atoms with Crippen LogP contribution in [0.15, 0.2) is 48.5 Å². The monoisotopic (exact) mass is 421 g/mol. The van der Waals surface area contributed by atoms with Gasteiger partial charge in [0.05, 0.1) is 6.10 Å². The lowest BCUT2D eigenvalue weighted by Crippen LogP contribution is -2.42. The number of carboxylic acids is 1. The van der Waals surface area contributed by atoms with Crippen molar-refractivity contribution in [1.29, 1.82) is 0 Å². The molecule has 0 radical (unpaired) electrons. The maximum absolute atomic E-state index is 12.7. The zero-order chi connectivity index (χ0) is 21.4. The fourth-order valence-electron chi connectivity index (χ4n) is 5.33. The summed E-state index contributed by atoms with van der Waals surface area (Å²) in [5.74, 6) is -0.505. The predicted octanol–water partition coefficient (Wildman–Crippen LogP) is 4.28. The van der Waals surface area contributed by atoms with Crippen LogP contribution in [0.25, 0.3) is 11.1 Å². The van der Waals surface area contributed by atoms with E-state index in [1.165, 1.54) is 22.3 Å². The molecule has 5 rings (SSSR count). The second-order valence-corrected chi connectivity index (χ2v) is 8.71. The third kappa shape index (κ3) is 3.81. The Kier molecular flexibility index (Phi) is 5.40. The molecule has 6 nitrogen and oxygen atoms in total. The highest BCUT2D eigenvalue weighted by atomic mass is 16.6. The molecule has 2 heterocycles. The molecule has 1 N–H and O–H groups in total. The number of hydrogen-bond acceptors (Lipinski definition) is 4. The summed E-state index contributed by atoms with van der Waals surface area (Å²) in [7, 11) is 0. The molecule has 3 aliphatic rings. The molecule has 6 heteroatoms. The number of carbonyl (C=O) groups is 2. The number of piperidine rings is 1. The number of aliphatic carboxylic acids is 1. The Labute approximate surface area is 181 Å². The van der Waals surface area contributed by atoms with Crippen LogP contribution in [0, 0.1) is 5.92 Å². The van der Waals surface area contributed by atoms with Crippen LogP contribution in [0.5, 0.6) is 0 Å². The molecule has 0 saturated carbocycles. The number of amides is 1. The van der Waals surface area contributed by atoms with Crippen LogP contribution in [-0.2, 0) is 14.3 Å². The van der Waals surface area contributed by atoms with Crippen LogP contribution in [0.1, 0.15) is 42.7 Å². The largest absolute Gasteiger partial charge is 0.479 e. The molecule has 2 unspecified atom stereocenters. The first-order valence-electron chi connectivity index (χ1n) is 11.1. The van der Waals surface area contributed by atoms with E-state index in [0.29, 0.717) is 32.0 Å². The van der Waals surface area contributed by atoms with E-state index in [2.05, 4.69) is 24.3 Å². The Hall–Kier alpha value is -2.86. The molecular weight excluding hydrogens is 394 g/mol. The minimum atomic E-state index is -0.876. The molecule has 0 spiro atoms. The first-order chi connectivity index (χ1) is 15.1. The Morgan fingerprint density at radius 1 is 0.935 bits per heavy atom. The van der Waals surface area contributed by atoms with Gasteiger partial charge in [0.25, 0.3) is 0 Å². The number of nitrogens with zero attached hydrogens (tertiary/aromatic N) is 1. The maximum atomic E-state index is 12.7. The lowest BCUT2D eigenvalue weighted by molar-refractivity contribution is -0.150. The Morgan fingerprint density at radius 3 is 2.13 bits per heavy atom. The molecule has 0 bridgehead atoms. The van der Waals surface area contributed by atoms with Crippen molar-refractivity contribution in [2.75, 3.05) is 19.7 Å². The van der Waals surface area contributed by atoms with Crippen LogP contribution in [0.2, 0.25) is 0 Å². The SMILES string of the molecule is O=C(O)C1CCC(C2CCN(C(=O)OCC3c4ccccc4-c4ccccc43)CC2)O1. The Balaban J connectivity index is 1.17. The highest BCUT2D eigenvalue weighted by Gasteiger charge is 2.37. The molecule has 31 heavy (non-hydrogen) atoms. The van der Waals surface area contributed by atoms with Gasteiger partial charge >= 0.3 is 12.1 Å². The van der Waals surface area contributed by atoms with Gasteiger partial charge in [-0.25, -0.2) is 9.59 Å². The first kappa shape index (κ1) is 20.1. The summed E-state index contributed by atoms with van der Waals surface area (Å²) in [6, 6.07) is 16.6. The average molecular weight is 421 g/mol. The quantitative estimate of drug-likeness (QED) is 0.798. The minimum absolute atomic E-state index is 0.00855. The van der Waals surface area contributed by atoms with Crippen molar-refractivity contribution in [3.05, 3.63) is 59.7 Å². The van der Waals surface area contributed by atoms with Gasteiger partial charge in [-0.05, 0) is 53.9 Å². The molecule has 162 valence electrons. The number of ether oxygens (including phenoxy) is 2. The van der Waals surface area contributed by atoms with Gasteiger partial charge in [0.1, 0.15) is 6.61 Å². The Bertz CT molecular complexity index is 936. The van der Waals surface area contributed by atoms with E-state index < -0.39 is 12.1 Å². The van der Waals surface area contributed by atoms with E-state index in [4.69, 9.17) is 14.6 Å². The molecule has 2 saturated heterocycles. The summed E-state index contributed by atoms with van der Waals surface area (Å²) < 4.78 is 11.5. The zero-order valence-electron chi connectivity index (χ0n) is 17.4. The van der Waals surface area contributed by atoms with Crippen LogP contribution < -0.4 is 0 Å². The molecule has 0 aromatic heterocycles. The molecule has 2 atom stereocenters. The summed E-state index contributed by atoms with van der Waals surface area (Å²) in [6.45, 7) is 1.58. The number of likely N-dealkylation sites (tertiary alicyclic amines) is 1. The van der Waals surface area contributed by atoms with Gasteiger partial charge in [0.2, 0.25) is 0 Å². The summed E-state index contributed by atoms with van der Waals surface area (Å²) in [5, 5.41) is 9.12. The van der Waals surface area contributed by atoms with Gasteiger partial charge < -0.3 is 19.5 Å². The van der Waals surface area contributed by atoms with Gasteiger partial charge in [-0.2, -0.15) is 0 Å². The van der Waals surface area contributed by atoms with E-state index in [1.54, 1.807) is 4.90 Å². The number of carbonyl (C=O) groups excluding carboxylic acids is 1. The summed E-state index contributed by atoms with van der Waals surface area (Å²) >= 11 is 0. The standard InChI is InChI=1S/C25H27NO5/c27-24(28)23-10-9-22(31-23)16-11-13-26(14-12-16)25(29)30-15-21-19-7-3-1-5-17(19)18-6-2-4-8-20(18)21/h1-8,16,21-23H,9-15H2,(H,27,28). The van der Waals surface area contributed by atoms with E-state index >= 15 is 0 Å². The summed E-state index contributed by atoms with van der Waals surface area (Å²) in [6.07, 6.45) is 2.05.